The minimum atomic E-state index is -1.01. The SMILES string of the molecule is CCN(CC)C(C)(C(=O)O)c1cccc2ccccc12. The highest BCUT2D eigenvalue weighted by atomic mass is 16.4. The number of fused-ring (bicyclic) bond motifs is 1. The fourth-order valence-electron chi connectivity index (χ4n) is 2.93. The van der Waals surface area contributed by atoms with E-state index in [1.165, 1.54) is 0 Å². The van der Waals surface area contributed by atoms with Crippen LogP contribution >= 0.6 is 0 Å². The summed E-state index contributed by atoms with van der Waals surface area (Å²) < 4.78 is 0. The summed E-state index contributed by atoms with van der Waals surface area (Å²) in [7, 11) is 0. The number of carboxylic acid groups (broad SMARTS) is 1. The second kappa shape index (κ2) is 5.63. The van der Waals surface area contributed by atoms with Crippen LogP contribution in [0.2, 0.25) is 0 Å². The van der Waals surface area contributed by atoms with Crippen LogP contribution in [0.25, 0.3) is 10.8 Å². The van der Waals surface area contributed by atoms with Gasteiger partial charge < -0.3 is 5.11 Å². The average Bonchev–Trinajstić information content (AvgIpc) is 2.47. The van der Waals surface area contributed by atoms with Gasteiger partial charge in [-0.05, 0) is 36.3 Å². The minimum absolute atomic E-state index is 0.697. The van der Waals surface area contributed by atoms with Gasteiger partial charge in [-0.15, -0.1) is 0 Å². The van der Waals surface area contributed by atoms with E-state index in [0.29, 0.717) is 13.1 Å². The molecule has 2 rings (SSSR count). The summed E-state index contributed by atoms with van der Waals surface area (Å²) in [4.78, 5) is 14.0. The third-order valence-electron chi connectivity index (χ3n) is 4.13. The Morgan fingerprint density at radius 2 is 1.70 bits per heavy atom. The molecular weight excluding hydrogens is 250 g/mol. The van der Waals surface area contributed by atoms with Crippen LogP contribution in [0.15, 0.2) is 42.5 Å². The van der Waals surface area contributed by atoms with Crippen LogP contribution in [-0.2, 0) is 10.3 Å². The minimum Gasteiger partial charge on any atom is -0.480 e. The third kappa shape index (κ3) is 2.18. The Morgan fingerprint density at radius 1 is 1.10 bits per heavy atom. The van der Waals surface area contributed by atoms with Gasteiger partial charge in [0.1, 0.15) is 5.54 Å². The number of rotatable bonds is 5. The lowest BCUT2D eigenvalue weighted by Gasteiger charge is -2.37. The molecule has 0 aliphatic rings. The first-order chi connectivity index (χ1) is 9.55. The van der Waals surface area contributed by atoms with Gasteiger partial charge in [0.05, 0.1) is 0 Å². The summed E-state index contributed by atoms with van der Waals surface area (Å²) in [5.74, 6) is -0.808. The molecule has 20 heavy (non-hydrogen) atoms. The van der Waals surface area contributed by atoms with Gasteiger partial charge in [0.2, 0.25) is 0 Å². The summed E-state index contributed by atoms with van der Waals surface area (Å²) in [6, 6.07) is 13.8. The standard InChI is InChI=1S/C17H21NO2/c1-4-18(5-2)17(3,16(19)20)15-12-8-10-13-9-6-7-11-14(13)15/h6-12H,4-5H2,1-3H3,(H,19,20). The first-order valence-corrected chi connectivity index (χ1v) is 7.02. The van der Waals surface area contributed by atoms with Gasteiger partial charge in [-0.2, -0.15) is 0 Å². The molecule has 0 aliphatic heterocycles. The predicted octanol–water partition coefficient (Wildman–Crippen LogP) is 3.48. The van der Waals surface area contributed by atoms with Gasteiger partial charge in [0.25, 0.3) is 0 Å². The normalized spacial score (nSPS) is 14.4. The molecule has 0 radical (unpaired) electrons. The molecule has 0 amide bonds. The Balaban J connectivity index is 2.73. The van der Waals surface area contributed by atoms with Crippen molar-refractivity contribution >= 4 is 16.7 Å². The van der Waals surface area contributed by atoms with Crippen molar-refractivity contribution in [3.8, 4) is 0 Å². The quantitative estimate of drug-likeness (QED) is 0.905. The molecule has 0 bridgehead atoms. The van der Waals surface area contributed by atoms with E-state index in [0.717, 1.165) is 16.3 Å². The van der Waals surface area contributed by atoms with E-state index in [-0.39, 0.29) is 0 Å². The van der Waals surface area contributed by atoms with Gasteiger partial charge in [0.15, 0.2) is 0 Å². The summed E-state index contributed by atoms with van der Waals surface area (Å²) in [6.07, 6.45) is 0. The molecule has 106 valence electrons. The van der Waals surface area contributed by atoms with Crippen molar-refractivity contribution in [3.05, 3.63) is 48.0 Å². The Kier molecular flexibility index (Phi) is 4.09. The number of aliphatic carboxylic acids is 1. The molecule has 0 saturated heterocycles. The Hall–Kier alpha value is -1.87. The second-order valence-corrected chi connectivity index (χ2v) is 5.08. The maximum Gasteiger partial charge on any atom is 0.328 e. The van der Waals surface area contributed by atoms with Crippen molar-refractivity contribution < 1.29 is 9.90 Å². The van der Waals surface area contributed by atoms with E-state index in [1.54, 1.807) is 6.92 Å². The van der Waals surface area contributed by atoms with Gasteiger partial charge in [-0.3, -0.25) is 4.90 Å². The zero-order valence-electron chi connectivity index (χ0n) is 12.3. The fourth-order valence-corrected chi connectivity index (χ4v) is 2.93. The van der Waals surface area contributed by atoms with Gasteiger partial charge in [-0.25, -0.2) is 4.79 Å². The number of hydrogen-bond donors (Lipinski definition) is 1. The van der Waals surface area contributed by atoms with Crippen LogP contribution in [0.3, 0.4) is 0 Å². The Labute approximate surface area is 119 Å². The lowest BCUT2D eigenvalue weighted by molar-refractivity contribution is -0.151. The Morgan fingerprint density at radius 3 is 2.30 bits per heavy atom. The molecule has 0 aliphatic carbocycles. The first kappa shape index (κ1) is 14.5. The van der Waals surface area contributed by atoms with Crippen molar-refractivity contribution in [2.45, 2.75) is 26.3 Å². The monoisotopic (exact) mass is 271 g/mol. The number of carboxylic acids is 1. The highest BCUT2D eigenvalue weighted by Gasteiger charge is 2.40. The van der Waals surface area contributed by atoms with Crippen LogP contribution in [0.1, 0.15) is 26.3 Å². The van der Waals surface area contributed by atoms with Gasteiger partial charge in [-0.1, -0.05) is 56.3 Å². The van der Waals surface area contributed by atoms with Crippen molar-refractivity contribution in [2.75, 3.05) is 13.1 Å². The van der Waals surface area contributed by atoms with Crippen molar-refractivity contribution in [1.82, 2.24) is 4.90 Å². The van der Waals surface area contributed by atoms with E-state index >= 15 is 0 Å². The summed E-state index contributed by atoms with van der Waals surface area (Å²) in [5.41, 5.74) is -0.156. The molecule has 0 heterocycles. The average molecular weight is 271 g/mol. The van der Waals surface area contributed by atoms with Crippen molar-refractivity contribution in [2.24, 2.45) is 0 Å². The van der Waals surface area contributed by atoms with E-state index in [4.69, 9.17) is 0 Å². The maximum atomic E-state index is 12.0. The summed E-state index contributed by atoms with van der Waals surface area (Å²) >= 11 is 0. The van der Waals surface area contributed by atoms with Gasteiger partial charge >= 0.3 is 5.97 Å². The molecule has 2 aromatic rings. The molecule has 0 saturated carbocycles. The molecule has 3 heteroatoms. The van der Waals surface area contributed by atoms with Crippen molar-refractivity contribution in [1.29, 1.82) is 0 Å². The van der Waals surface area contributed by atoms with Crippen molar-refractivity contribution in [3.63, 3.8) is 0 Å². The largest absolute Gasteiger partial charge is 0.480 e. The maximum absolute atomic E-state index is 12.0. The second-order valence-electron chi connectivity index (χ2n) is 5.08. The number of benzene rings is 2. The highest BCUT2D eigenvalue weighted by molar-refractivity contribution is 5.92. The smallest absolute Gasteiger partial charge is 0.328 e. The molecule has 1 N–H and O–H groups in total. The molecule has 3 nitrogen and oxygen atoms in total. The molecule has 0 aromatic heterocycles. The Bertz CT molecular complexity index is 614. The molecule has 0 fully saturated rings. The van der Waals surface area contributed by atoms with Crippen LogP contribution in [0.4, 0.5) is 0 Å². The lowest BCUT2D eigenvalue weighted by Crippen LogP contribution is -2.49. The highest BCUT2D eigenvalue weighted by Crippen LogP contribution is 2.33. The fraction of sp³-hybridized carbons (Fsp3) is 0.353. The van der Waals surface area contributed by atoms with Crippen LogP contribution in [0, 0.1) is 0 Å². The number of nitrogens with zero attached hydrogens (tertiary/aromatic N) is 1. The van der Waals surface area contributed by atoms with E-state index in [2.05, 4.69) is 0 Å². The number of carbonyl (C=O) groups is 1. The predicted molar refractivity (Wildman–Crippen MR) is 81.9 cm³/mol. The number of hydrogen-bond acceptors (Lipinski definition) is 2. The molecular formula is C17H21NO2. The van der Waals surface area contributed by atoms with Gasteiger partial charge in [0, 0.05) is 0 Å². The molecule has 1 atom stereocenters. The summed E-state index contributed by atoms with van der Waals surface area (Å²) in [6.45, 7) is 7.18. The van der Waals surface area contributed by atoms with Crippen LogP contribution < -0.4 is 0 Å². The zero-order valence-corrected chi connectivity index (χ0v) is 12.3. The molecule has 2 aromatic carbocycles. The topological polar surface area (TPSA) is 40.5 Å². The first-order valence-electron chi connectivity index (χ1n) is 7.02. The summed E-state index contributed by atoms with van der Waals surface area (Å²) in [5, 5.41) is 11.9. The van der Waals surface area contributed by atoms with Crippen LogP contribution in [-0.4, -0.2) is 29.1 Å². The van der Waals surface area contributed by atoms with Crippen LogP contribution in [0.5, 0.6) is 0 Å². The molecule has 0 spiro atoms. The number of likely N-dealkylation sites (N-methyl/N-ethyl adjacent to an activating group) is 1. The zero-order chi connectivity index (χ0) is 14.8. The van der Waals surface area contributed by atoms with E-state index < -0.39 is 11.5 Å². The molecule has 1 unspecified atom stereocenters. The lowest BCUT2D eigenvalue weighted by atomic mass is 9.86. The van der Waals surface area contributed by atoms with E-state index in [9.17, 15) is 9.90 Å². The van der Waals surface area contributed by atoms with E-state index in [1.807, 2.05) is 61.2 Å². The third-order valence-corrected chi connectivity index (χ3v) is 4.13.